The third kappa shape index (κ3) is 5.74. The predicted octanol–water partition coefficient (Wildman–Crippen LogP) is 5.68. The van der Waals surface area contributed by atoms with Crippen molar-refractivity contribution in [2.45, 2.75) is 39.3 Å². The van der Waals surface area contributed by atoms with Crippen LogP contribution >= 0.6 is 11.3 Å². The van der Waals surface area contributed by atoms with Crippen molar-refractivity contribution in [2.75, 3.05) is 33.7 Å². The molecule has 2 aromatic heterocycles. The van der Waals surface area contributed by atoms with Crippen LogP contribution in [0.1, 0.15) is 41.2 Å². The minimum Gasteiger partial charge on any atom is -0.493 e. The van der Waals surface area contributed by atoms with Crippen LogP contribution in [0, 0.1) is 6.92 Å². The number of nitrogens with one attached hydrogen (secondary N) is 2. The Kier molecular flexibility index (Phi) is 8.81. The maximum atomic E-state index is 11.9. The monoisotopic (exact) mass is 534 g/mol. The number of aryl methyl sites for hydroxylation is 2. The van der Waals surface area contributed by atoms with Gasteiger partial charge in [-0.15, -0.1) is 11.3 Å². The molecule has 4 aromatic rings. The van der Waals surface area contributed by atoms with E-state index in [1.807, 2.05) is 20.0 Å². The molecule has 2 N–H and O–H groups in total. The number of carbonyl (C=O) groups excluding carboxylic acids is 1. The average Bonchev–Trinajstić information content (AvgIpc) is 3.42. The summed E-state index contributed by atoms with van der Waals surface area (Å²) in [5.41, 5.74) is 5.20. The lowest BCUT2D eigenvalue weighted by atomic mass is 10.0. The summed E-state index contributed by atoms with van der Waals surface area (Å²) >= 11 is 1.72. The smallest absolute Gasteiger partial charge is 0.305 e. The van der Waals surface area contributed by atoms with Crippen LogP contribution in [0.2, 0.25) is 0 Å². The number of fused-ring (bicyclic) bond motifs is 1. The maximum Gasteiger partial charge on any atom is 0.305 e. The van der Waals surface area contributed by atoms with Gasteiger partial charge < -0.3 is 24.8 Å². The van der Waals surface area contributed by atoms with E-state index in [9.17, 15) is 4.79 Å². The molecule has 0 saturated carbocycles. The molecular formula is C29H34N4O4S. The molecule has 1 atom stereocenters. The minimum atomic E-state index is -0.300. The van der Waals surface area contributed by atoms with E-state index in [-0.39, 0.29) is 18.4 Å². The minimum absolute atomic E-state index is 0.00525. The lowest BCUT2D eigenvalue weighted by Crippen LogP contribution is -2.10. The van der Waals surface area contributed by atoms with Gasteiger partial charge in [0.1, 0.15) is 11.6 Å². The van der Waals surface area contributed by atoms with Gasteiger partial charge in [0.2, 0.25) is 0 Å². The van der Waals surface area contributed by atoms with Crippen molar-refractivity contribution in [1.29, 1.82) is 0 Å². The number of carbonyl (C=O) groups is 1. The highest BCUT2D eigenvalue weighted by Crippen LogP contribution is 2.40. The van der Waals surface area contributed by atoms with Crippen LogP contribution in [0.15, 0.2) is 41.8 Å². The molecule has 0 spiro atoms. The zero-order chi connectivity index (χ0) is 27.2. The van der Waals surface area contributed by atoms with Gasteiger partial charge in [0.05, 0.1) is 32.9 Å². The number of esters is 1. The highest BCUT2D eigenvalue weighted by atomic mass is 32.1. The molecule has 200 valence electrons. The van der Waals surface area contributed by atoms with Crippen LogP contribution in [0.3, 0.4) is 0 Å². The Bertz CT molecular complexity index is 1440. The van der Waals surface area contributed by atoms with Gasteiger partial charge in [-0.2, -0.15) is 0 Å². The van der Waals surface area contributed by atoms with E-state index in [1.54, 1.807) is 25.6 Å². The molecule has 0 amide bonds. The molecule has 4 rings (SSSR count). The number of thiophene rings is 1. The molecule has 8 nitrogen and oxygen atoms in total. The first-order valence-electron chi connectivity index (χ1n) is 12.5. The van der Waals surface area contributed by atoms with Crippen LogP contribution in [0.5, 0.6) is 11.5 Å². The Labute approximate surface area is 227 Å². The largest absolute Gasteiger partial charge is 0.493 e. The van der Waals surface area contributed by atoms with Crippen LogP contribution in [0.25, 0.3) is 22.0 Å². The van der Waals surface area contributed by atoms with Crippen molar-refractivity contribution in [3.8, 4) is 22.6 Å². The third-order valence-corrected chi connectivity index (χ3v) is 7.56. The molecule has 0 aliphatic heterocycles. The quantitative estimate of drug-likeness (QED) is 0.237. The number of hydrogen-bond acceptors (Lipinski definition) is 9. The Morgan fingerprint density at radius 1 is 1.11 bits per heavy atom. The molecule has 0 aliphatic rings. The predicted molar refractivity (Wildman–Crippen MR) is 152 cm³/mol. The number of aromatic nitrogens is 2. The van der Waals surface area contributed by atoms with E-state index in [4.69, 9.17) is 24.2 Å². The van der Waals surface area contributed by atoms with Crippen molar-refractivity contribution < 1.29 is 19.0 Å². The molecule has 0 unspecified atom stereocenters. The molecular weight excluding hydrogens is 500 g/mol. The SMILES string of the molecule is CNCc1ccccc1-c1csc([C@H](C)Nc2nc(C)nc3c(CCC(=O)OC)c(OC)c(OC)cc23)c1. The number of rotatable bonds is 11. The maximum absolute atomic E-state index is 11.9. The zero-order valence-corrected chi connectivity index (χ0v) is 23.5. The van der Waals surface area contributed by atoms with Gasteiger partial charge in [-0.3, -0.25) is 4.79 Å². The summed E-state index contributed by atoms with van der Waals surface area (Å²) in [4.78, 5) is 22.6. The van der Waals surface area contributed by atoms with E-state index >= 15 is 0 Å². The normalized spacial score (nSPS) is 11.8. The number of methoxy groups -OCH3 is 3. The number of ether oxygens (including phenoxy) is 3. The second kappa shape index (κ2) is 12.2. The van der Waals surface area contributed by atoms with Gasteiger partial charge in [0.25, 0.3) is 0 Å². The fourth-order valence-corrected chi connectivity index (χ4v) is 5.51. The zero-order valence-electron chi connectivity index (χ0n) is 22.7. The summed E-state index contributed by atoms with van der Waals surface area (Å²) in [6, 6.07) is 12.6. The highest BCUT2D eigenvalue weighted by Gasteiger charge is 2.22. The second-order valence-corrected chi connectivity index (χ2v) is 9.92. The summed E-state index contributed by atoms with van der Waals surface area (Å²) < 4.78 is 16.2. The van der Waals surface area contributed by atoms with Crippen LogP contribution in [0.4, 0.5) is 5.82 Å². The van der Waals surface area contributed by atoms with Gasteiger partial charge in [0, 0.05) is 28.8 Å². The molecule has 0 radical (unpaired) electrons. The molecule has 0 saturated heterocycles. The first-order valence-corrected chi connectivity index (χ1v) is 13.3. The number of nitrogens with zero attached hydrogens (tertiary/aromatic N) is 2. The van der Waals surface area contributed by atoms with Gasteiger partial charge in [-0.25, -0.2) is 9.97 Å². The summed E-state index contributed by atoms with van der Waals surface area (Å²) in [5, 5.41) is 9.85. The standard InChI is InChI=1S/C29H34N4O4S/c1-17(25-13-20(16-38-25)21-10-8-7-9-19(21)15-30-3)31-29-23-14-24(35-4)28(37-6)22(11-12-26(34)36-5)27(23)32-18(2)33-29/h7-10,13-14,16-17,30H,11-12,15H2,1-6H3,(H,31,32,33)/t17-/m0/s1. The average molecular weight is 535 g/mol. The Balaban J connectivity index is 1.72. The highest BCUT2D eigenvalue weighted by molar-refractivity contribution is 7.10. The van der Waals surface area contributed by atoms with Crippen molar-refractivity contribution in [2.24, 2.45) is 0 Å². The topological polar surface area (TPSA) is 94.6 Å². The van der Waals surface area contributed by atoms with Gasteiger partial charge in [0.15, 0.2) is 11.5 Å². The Hall–Kier alpha value is -3.69. The van der Waals surface area contributed by atoms with Crippen LogP contribution < -0.4 is 20.1 Å². The summed E-state index contributed by atoms with van der Waals surface area (Å²) in [7, 11) is 6.52. The molecule has 38 heavy (non-hydrogen) atoms. The molecule has 2 heterocycles. The van der Waals surface area contributed by atoms with Crippen molar-refractivity contribution in [3.05, 3.63) is 63.6 Å². The van der Waals surface area contributed by atoms with E-state index < -0.39 is 0 Å². The summed E-state index contributed by atoms with van der Waals surface area (Å²) in [5.74, 6) is 2.13. The fraction of sp³-hybridized carbons (Fsp3) is 0.345. The molecule has 0 aliphatic carbocycles. The number of hydrogen-bond donors (Lipinski definition) is 2. The number of benzene rings is 2. The van der Waals surface area contributed by atoms with Crippen LogP contribution in [-0.4, -0.2) is 44.3 Å². The first-order chi connectivity index (χ1) is 18.4. The first kappa shape index (κ1) is 27.3. The Morgan fingerprint density at radius 3 is 2.61 bits per heavy atom. The second-order valence-electron chi connectivity index (χ2n) is 8.97. The van der Waals surface area contributed by atoms with Gasteiger partial charge in [-0.05, 0) is 61.5 Å². The Morgan fingerprint density at radius 2 is 1.89 bits per heavy atom. The van der Waals surface area contributed by atoms with Crippen molar-refractivity contribution >= 4 is 34.0 Å². The molecule has 9 heteroatoms. The molecule has 0 fully saturated rings. The van der Waals surface area contributed by atoms with E-state index in [0.717, 1.165) is 23.0 Å². The number of anilines is 1. The lowest BCUT2D eigenvalue weighted by molar-refractivity contribution is -0.140. The van der Waals surface area contributed by atoms with E-state index in [0.29, 0.717) is 29.6 Å². The fourth-order valence-electron chi connectivity index (χ4n) is 4.59. The third-order valence-electron chi connectivity index (χ3n) is 6.44. The lowest BCUT2D eigenvalue weighted by Gasteiger charge is -2.19. The van der Waals surface area contributed by atoms with E-state index in [1.165, 1.54) is 28.7 Å². The molecule has 2 aromatic carbocycles. The van der Waals surface area contributed by atoms with Crippen molar-refractivity contribution in [3.63, 3.8) is 0 Å². The van der Waals surface area contributed by atoms with Crippen LogP contribution in [-0.2, 0) is 22.5 Å². The molecule has 0 bridgehead atoms. The summed E-state index contributed by atoms with van der Waals surface area (Å²) in [6.45, 7) is 4.79. The summed E-state index contributed by atoms with van der Waals surface area (Å²) in [6.07, 6.45) is 0.597. The van der Waals surface area contributed by atoms with E-state index in [2.05, 4.69) is 53.3 Å². The van der Waals surface area contributed by atoms with Crippen molar-refractivity contribution in [1.82, 2.24) is 15.3 Å². The van der Waals surface area contributed by atoms with Gasteiger partial charge in [-0.1, -0.05) is 24.3 Å². The van der Waals surface area contributed by atoms with Gasteiger partial charge >= 0.3 is 5.97 Å².